The minimum atomic E-state index is -1.14. The van der Waals surface area contributed by atoms with E-state index in [-0.39, 0.29) is 19.1 Å². The summed E-state index contributed by atoms with van der Waals surface area (Å²) in [6.45, 7) is 2.74. The zero-order valence-electron chi connectivity index (χ0n) is 13.3. The van der Waals surface area contributed by atoms with Crippen LogP contribution < -0.4 is 5.32 Å². The van der Waals surface area contributed by atoms with Crippen molar-refractivity contribution in [3.8, 4) is 0 Å². The second-order valence-electron chi connectivity index (χ2n) is 5.39. The Morgan fingerprint density at radius 1 is 1.17 bits per heavy atom. The van der Waals surface area contributed by atoms with E-state index in [9.17, 15) is 14.7 Å². The number of rotatable bonds is 8. The van der Waals surface area contributed by atoms with Gasteiger partial charge in [-0.2, -0.15) is 0 Å². The predicted octanol–water partition coefficient (Wildman–Crippen LogP) is 0.834. The lowest BCUT2D eigenvalue weighted by atomic mass is 10.1. The van der Waals surface area contributed by atoms with Crippen molar-refractivity contribution in [2.45, 2.75) is 32.6 Å². The number of alkyl carbamates (subject to hydrolysis) is 1. The van der Waals surface area contributed by atoms with Gasteiger partial charge in [0.05, 0.1) is 6.61 Å². The Labute approximate surface area is 135 Å². The van der Waals surface area contributed by atoms with E-state index in [0.717, 1.165) is 5.56 Å². The largest absolute Gasteiger partial charge is 0.461 e. The maximum atomic E-state index is 11.9. The van der Waals surface area contributed by atoms with E-state index in [4.69, 9.17) is 14.6 Å². The van der Waals surface area contributed by atoms with Gasteiger partial charge in [0.25, 0.3) is 0 Å². The average Bonchev–Trinajstić information content (AvgIpc) is 2.55. The van der Waals surface area contributed by atoms with Gasteiger partial charge >= 0.3 is 12.1 Å². The van der Waals surface area contributed by atoms with Crippen LogP contribution in [0.3, 0.4) is 0 Å². The minimum Gasteiger partial charge on any atom is -0.461 e. The zero-order chi connectivity index (χ0) is 17.2. The summed E-state index contributed by atoms with van der Waals surface area (Å²) in [5, 5.41) is 20.3. The van der Waals surface area contributed by atoms with Gasteiger partial charge in [-0.05, 0) is 11.5 Å². The molecular formula is C16H23NO6. The van der Waals surface area contributed by atoms with Crippen LogP contribution in [0.4, 0.5) is 4.79 Å². The van der Waals surface area contributed by atoms with Crippen LogP contribution >= 0.6 is 0 Å². The second kappa shape index (κ2) is 9.81. The van der Waals surface area contributed by atoms with Crippen LogP contribution in [0.1, 0.15) is 19.4 Å². The fraction of sp³-hybridized carbons (Fsp3) is 0.500. The first kappa shape index (κ1) is 18.9. The van der Waals surface area contributed by atoms with Crippen molar-refractivity contribution < 1.29 is 29.3 Å². The molecule has 0 heterocycles. The van der Waals surface area contributed by atoms with Gasteiger partial charge in [-0.1, -0.05) is 44.2 Å². The summed E-state index contributed by atoms with van der Waals surface area (Å²) < 4.78 is 9.92. The third-order valence-corrected chi connectivity index (χ3v) is 3.04. The minimum absolute atomic E-state index is 0.0930. The number of carbonyl (C=O) groups is 2. The van der Waals surface area contributed by atoms with Gasteiger partial charge in [0.15, 0.2) is 0 Å². The highest BCUT2D eigenvalue weighted by molar-refractivity contribution is 5.81. The van der Waals surface area contributed by atoms with Crippen molar-refractivity contribution in [2.24, 2.45) is 5.92 Å². The monoisotopic (exact) mass is 325 g/mol. The van der Waals surface area contributed by atoms with Crippen LogP contribution in [0.15, 0.2) is 30.3 Å². The molecule has 0 aliphatic heterocycles. The first-order valence-corrected chi connectivity index (χ1v) is 7.36. The Balaban J connectivity index is 2.47. The van der Waals surface area contributed by atoms with Crippen molar-refractivity contribution in [3.05, 3.63) is 35.9 Å². The average molecular weight is 325 g/mol. The van der Waals surface area contributed by atoms with Gasteiger partial charge < -0.3 is 25.0 Å². The highest BCUT2D eigenvalue weighted by Gasteiger charge is 2.26. The summed E-state index contributed by atoms with van der Waals surface area (Å²) in [5.74, 6) is -0.915. The first-order valence-electron chi connectivity index (χ1n) is 7.36. The SMILES string of the molecule is CC(C)[C@H](NC(=O)OCc1ccccc1)C(=O)OCC(O)CO. The van der Waals surface area contributed by atoms with Crippen LogP contribution in [-0.2, 0) is 20.9 Å². The highest BCUT2D eigenvalue weighted by Crippen LogP contribution is 2.06. The van der Waals surface area contributed by atoms with Crippen molar-refractivity contribution >= 4 is 12.1 Å². The van der Waals surface area contributed by atoms with Crippen molar-refractivity contribution in [1.82, 2.24) is 5.32 Å². The summed E-state index contributed by atoms with van der Waals surface area (Å²) in [6, 6.07) is 8.25. The smallest absolute Gasteiger partial charge is 0.408 e. The van der Waals surface area contributed by atoms with Crippen LogP contribution in [0, 0.1) is 5.92 Å². The molecule has 0 aromatic heterocycles. The topological polar surface area (TPSA) is 105 Å². The number of esters is 1. The van der Waals surface area contributed by atoms with E-state index in [2.05, 4.69) is 5.32 Å². The first-order chi connectivity index (χ1) is 10.9. The maximum Gasteiger partial charge on any atom is 0.408 e. The summed E-state index contributed by atoms with van der Waals surface area (Å²) in [6.07, 6.45) is -1.87. The molecule has 0 fully saturated rings. The number of hydrogen-bond donors (Lipinski definition) is 3. The number of aliphatic hydroxyl groups excluding tert-OH is 2. The van der Waals surface area contributed by atoms with Gasteiger partial charge in [-0.15, -0.1) is 0 Å². The normalized spacial score (nSPS) is 13.3. The van der Waals surface area contributed by atoms with E-state index in [1.54, 1.807) is 13.8 Å². The number of nitrogens with one attached hydrogen (secondary N) is 1. The molecule has 7 nitrogen and oxygen atoms in total. The Morgan fingerprint density at radius 3 is 2.39 bits per heavy atom. The van der Waals surface area contributed by atoms with Crippen LogP contribution in [0.25, 0.3) is 0 Å². The van der Waals surface area contributed by atoms with Crippen molar-refractivity contribution in [3.63, 3.8) is 0 Å². The summed E-state index contributed by atoms with van der Waals surface area (Å²) in [5.41, 5.74) is 0.831. The molecular weight excluding hydrogens is 302 g/mol. The molecule has 23 heavy (non-hydrogen) atoms. The highest BCUT2D eigenvalue weighted by atomic mass is 16.6. The fourth-order valence-corrected chi connectivity index (χ4v) is 1.71. The molecule has 1 aromatic rings. The molecule has 128 valence electrons. The van der Waals surface area contributed by atoms with Crippen molar-refractivity contribution in [1.29, 1.82) is 0 Å². The number of benzene rings is 1. The molecule has 0 spiro atoms. The molecule has 1 rings (SSSR count). The van der Waals surface area contributed by atoms with E-state index < -0.39 is 30.8 Å². The quantitative estimate of drug-likeness (QED) is 0.612. The van der Waals surface area contributed by atoms with Crippen molar-refractivity contribution in [2.75, 3.05) is 13.2 Å². The third kappa shape index (κ3) is 7.12. The lowest BCUT2D eigenvalue weighted by Gasteiger charge is -2.21. The lowest BCUT2D eigenvalue weighted by molar-refractivity contribution is -0.150. The maximum absolute atomic E-state index is 11.9. The molecule has 0 bridgehead atoms. The molecule has 0 saturated carbocycles. The number of carbonyl (C=O) groups excluding carboxylic acids is 2. The summed E-state index contributed by atoms with van der Waals surface area (Å²) in [4.78, 5) is 23.7. The van der Waals surface area contributed by atoms with Gasteiger partial charge in [-0.25, -0.2) is 9.59 Å². The van der Waals surface area contributed by atoms with Gasteiger partial charge in [-0.3, -0.25) is 0 Å². The molecule has 3 N–H and O–H groups in total. The van der Waals surface area contributed by atoms with Crippen LogP contribution in [-0.4, -0.2) is 47.6 Å². The summed E-state index contributed by atoms with van der Waals surface area (Å²) in [7, 11) is 0. The molecule has 1 amide bonds. The standard InChI is InChI=1S/C16H23NO6/c1-11(2)14(15(20)22-10-13(19)8-18)17-16(21)23-9-12-6-4-3-5-7-12/h3-7,11,13-14,18-19H,8-10H2,1-2H3,(H,17,21)/t13?,14-/m0/s1. The number of hydrogen-bond acceptors (Lipinski definition) is 6. The zero-order valence-corrected chi connectivity index (χ0v) is 13.3. The van der Waals surface area contributed by atoms with Crippen LogP contribution in [0.5, 0.6) is 0 Å². The van der Waals surface area contributed by atoms with Gasteiger partial charge in [0, 0.05) is 0 Å². The van der Waals surface area contributed by atoms with Gasteiger partial charge in [0.1, 0.15) is 25.4 Å². The molecule has 1 unspecified atom stereocenters. The Morgan fingerprint density at radius 2 is 1.83 bits per heavy atom. The molecule has 0 saturated heterocycles. The van der Waals surface area contributed by atoms with E-state index in [1.165, 1.54) is 0 Å². The Bertz CT molecular complexity index is 491. The van der Waals surface area contributed by atoms with Gasteiger partial charge in [0.2, 0.25) is 0 Å². The molecule has 1 aromatic carbocycles. The predicted molar refractivity (Wildman–Crippen MR) is 82.4 cm³/mol. The molecule has 0 aliphatic rings. The molecule has 2 atom stereocenters. The van der Waals surface area contributed by atoms with Crippen LogP contribution in [0.2, 0.25) is 0 Å². The van der Waals surface area contributed by atoms with E-state index >= 15 is 0 Å². The Hall–Kier alpha value is -2.12. The van der Waals surface area contributed by atoms with E-state index in [0.29, 0.717) is 0 Å². The number of amides is 1. The third-order valence-electron chi connectivity index (χ3n) is 3.04. The molecule has 0 aliphatic carbocycles. The molecule has 0 radical (unpaired) electrons. The summed E-state index contributed by atoms with van der Waals surface area (Å²) >= 11 is 0. The fourth-order valence-electron chi connectivity index (χ4n) is 1.71. The second-order valence-corrected chi connectivity index (χ2v) is 5.39. The number of ether oxygens (including phenoxy) is 2. The van der Waals surface area contributed by atoms with E-state index in [1.807, 2.05) is 30.3 Å². The number of aliphatic hydroxyl groups is 2. The Kier molecular flexibility index (Phi) is 8.07. The lowest BCUT2D eigenvalue weighted by Crippen LogP contribution is -2.46. The molecule has 7 heteroatoms.